The molecule has 4 aromatic rings. The van der Waals surface area contributed by atoms with Gasteiger partial charge in [-0.25, -0.2) is 9.18 Å². The number of hydrogen-bond acceptors (Lipinski definition) is 5. The molecule has 0 radical (unpaired) electrons. The fourth-order valence-corrected chi connectivity index (χ4v) is 3.30. The molecule has 8 heteroatoms. The number of aromatic nitrogens is 1. The van der Waals surface area contributed by atoms with Gasteiger partial charge in [0.1, 0.15) is 0 Å². The molecule has 1 aromatic heterocycles. The number of primary amides is 1. The van der Waals surface area contributed by atoms with E-state index in [2.05, 4.69) is 5.16 Å². The van der Waals surface area contributed by atoms with Crippen molar-refractivity contribution in [2.45, 2.75) is 6.54 Å². The van der Waals surface area contributed by atoms with E-state index in [-0.39, 0.29) is 11.4 Å². The Morgan fingerprint density at radius 3 is 2.52 bits per heavy atom. The lowest BCUT2D eigenvalue weighted by Crippen LogP contribution is -2.31. The molecule has 29 heavy (non-hydrogen) atoms. The smallest absolute Gasteiger partial charge is 0.323 e. The van der Waals surface area contributed by atoms with Gasteiger partial charge in [-0.05, 0) is 47.0 Å². The van der Waals surface area contributed by atoms with Gasteiger partial charge in [0.05, 0.1) is 16.8 Å². The van der Waals surface area contributed by atoms with Crippen LogP contribution in [0.2, 0.25) is 0 Å². The van der Waals surface area contributed by atoms with Crippen LogP contribution in [0.1, 0.15) is 5.56 Å². The van der Waals surface area contributed by atoms with Crippen molar-refractivity contribution in [1.29, 1.82) is 0 Å². The lowest BCUT2D eigenvalue weighted by Gasteiger charge is -2.21. The first-order valence-electron chi connectivity index (χ1n) is 8.82. The number of nitrogen functional groups attached to an aromatic ring is 1. The zero-order valence-electron chi connectivity index (χ0n) is 15.3. The number of halogens is 1. The zero-order chi connectivity index (χ0) is 20.5. The number of amides is 2. The third-order valence-corrected chi connectivity index (χ3v) is 4.66. The van der Waals surface area contributed by atoms with Gasteiger partial charge in [-0.1, -0.05) is 35.5 Å². The number of hydrogen-bond donors (Lipinski definition) is 3. The zero-order valence-corrected chi connectivity index (χ0v) is 15.3. The van der Waals surface area contributed by atoms with Crippen molar-refractivity contribution in [2.75, 3.05) is 10.6 Å². The minimum Gasteiger partial charge on any atom is -0.380 e. The van der Waals surface area contributed by atoms with Crippen LogP contribution in [0.5, 0.6) is 0 Å². The minimum absolute atomic E-state index is 0.00133. The fourth-order valence-electron chi connectivity index (χ4n) is 3.30. The number of urea groups is 1. The molecule has 0 aliphatic heterocycles. The molecule has 3 aromatic carbocycles. The predicted octanol–water partition coefficient (Wildman–Crippen LogP) is 3.89. The first kappa shape index (κ1) is 18.5. The fraction of sp³-hybridized carbons (Fsp3) is 0.0476. The van der Waals surface area contributed by atoms with Gasteiger partial charge in [0.15, 0.2) is 11.6 Å². The first-order chi connectivity index (χ1) is 14.0. The van der Waals surface area contributed by atoms with Crippen molar-refractivity contribution in [3.63, 3.8) is 0 Å². The highest BCUT2D eigenvalue weighted by molar-refractivity contribution is 6.02. The van der Waals surface area contributed by atoms with E-state index in [0.29, 0.717) is 28.9 Å². The molecule has 6 N–H and O–H groups in total. The summed E-state index contributed by atoms with van der Waals surface area (Å²) in [6, 6.07) is 16.6. The van der Waals surface area contributed by atoms with Crippen LogP contribution in [0.3, 0.4) is 0 Å². The molecule has 2 amide bonds. The van der Waals surface area contributed by atoms with E-state index in [9.17, 15) is 9.18 Å². The maximum atomic E-state index is 13.9. The number of benzene rings is 3. The number of nitrogens with two attached hydrogens (primary N) is 3. The lowest BCUT2D eigenvalue weighted by atomic mass is 10.0. The SMILES string of the molecule is NCc1cccc(N(C(N)=O)c2ccc(-c3ccc(F)c4onc(N)c34)cc2)c1. The van der Waals surface area contributed by atoms with E-state index in [1.165, 1.54) is 11.0 Å². The Morgan fingerprint density at radius 1 is 1.07 bits per heavy atom. The number of anilines is 3. The summed E-state index contributed by atoms with van der Waals surface area (Å²) in [7, 11) is 0. The topological polar surface area (TPSA) is 124 Å². The molecule has 146 valence electrons. The number of fused-ring (bicyclic) bond motifs is 1. The van der Waals surface area contributed by atoms with Crippen LogP contribution in [0.25, 0.3) is 22.1 Å². The summed E-state index contributed by atoms with van der Waals surface area (Å²) in [6.45, 7) is 0.347. The van der Waals surface area contributed by atoms with E-state index in [1.807, 2.05) is 12.1 Å². The Morgan fingerprint density at radius 2 is 1.83 bits per heavy atom. The van der Waals surface area contributed by atoms with Crippen LogP contribution in [0.4, 0.5) is 26.4 Å². The van der Waals surface area contributed by atoms with Gasteiger partial charge in [0, 0.05) is 6.54 Å². The number of nitrogens with zero attached hydrogens (tertiary/aromatic N) is 2. The Bertz CT molecular complexity index is 1200. The maximum Gasteiger partial charge on any atom is 0.323 e. The predicted molar refractivity (Wildman–Crippen MR) is 110 cm³/mol. The summed E-state index contributed by atoms with van der Waals surface area (Å²) in [4.78, 5) is 13.5. The third-order valence-electron chi connectivity index (χ3n) is 4.66. The molecular weight excluding hydrogens is 373 g/mol. The molecule has 0 fully saturated rings. The second kappa shape index (κ2) is 7.25. The number of rotatable bonds is 4. The highest BCUT2D eigenvalue weighted by atomic mass is 19.1. The van der Waals surface area contributed by atoms with Crippen LogP contribution in [0.15, 0.2) is 65.2 Å². The van der Waals surface area contributed by atoms with Gasteiger partial charge >= 0.3 is 6.03 Å². The normalized spacial score (nSPS) is 11.0. The molecule has 7 nitrogen and oxygen atoms in total. The molecule has 0 spiro atoms. The summed E-state index contributed by atoms with van der Waals surface area (Å²) in [6.07, 6.45) is 0. The third kappa shape index (κ3) is 3.26. The standard InChI is InChI=1S/C21H18FN5O2/c22-17-9-8-16(18-19(17)29-26-20(18)24)13-4-6-14(7-5-13)27(21(25)28)15-3-1-2-12(10-15)11-23/h1-10H,11,23H2,(H2,24,26)(H2,25,28). The van der Waals surface area contributed by atoms with Crippen molar-refractivity contribution < 1.29 is 13.7 Å². The molecule has 0 aliphatic rings. The van der Waals surface area contributed by atoms with Gasteiger partial charge < -0.3 is 21.7 Å². The monoisotopic (exact) mass is 391 g/mol. The molecule has 1 heterocycles. The summed E-state index contributed by atoms with van der Waals surface area (Å²) in [5.74, 6) is -0.430. The van der Waals surface area contributed by atoms with Crippen LogP contribution in [-0.2, 0) is 6.54 Å². The van der Waals surface area contributed by atoms with Gasteiger partial charge in [-0.2, -0.15) is 0 Å². The summed E-state index contributed by atoms with van der Waals surface area (Å²) in [5.41, 5.74) is 20.7. The largest absolute Gasteiger partial charge is 0.380 e. The van der Waals surface area contributed by atoms with Gasteiger partial charge in [-0.3, -0.25) is 4.90 Å². The maximum absolute atomic E-state index is 13.9. The highest BCUT2D eigenvalue weighted by Crippen LogP contribution is 2.35. The van der Waals surface area contributed by atoms with E-state index in [4.69, 9.17) is 21.7 Å². The lowest BCUT2D eigenvalue weighted by molar-refractivity contribution is 0.256. The van der Waals surface area contributed by atoms with Crippen molar-refractivity contribution in [3.05, 3.63) is 72.0 Å². The average Bonchev–Trinajstić information content (AvgIpc) is 3.12. The van der Waals surface area contributed by atoms with Gasteiger partial charge in [0.25, 0.3) is 0 Å². The van der Waals surface area contributed by atoms with E-state index >= 15 is 0 Å². The minimum atomic E-state index is -0.626. The second-order valence-electron chi connectivity index (χ2n) is 6.46. The molecule has 4 rings (SSSR count). The van der Waals surface area contributed by atoms with Crippen LogP contribution >= 0.6 is 0 Å². The molecule has 0 saturated heterocycles. The van der Waals surface area contributed by atoms with Crippen molar-refractivity contribution in [2.24, 2.45) is 11.5 Å². The quantitative estimate of drug-likeness (QED) is 0.487. The molecule has 0 saturated carbocycles. The molecule has 0 aliphatic carbocycles. The second-order valence-corrected chi connectivity index (χ2v) is 6.46. The van der Waals surface area contributed by atoms with E-state index < -0.39 is 11.8 Å². The summed E-state index contributed by atoms with van der Waals surface area (Å²) >= 11 is 0. The number of carbonyl (C=O) groups excluding carboxylic acids is 1. The van der Waals surface area contributed by atoms with E-state index in [0.717, 1.165) is 11.1 Å². The van der Waals surface area contributed by atoms with Crippen LogP contribution < -0.4 is 22.1 Å². The Balaban J connectivity index is 1.76. The number of carbonyl (C=O) groups is 1. The van der Waals surface area contributed by atoms with Crippen molar-refractivity contribution in [3.8, 4) is 11.1 Å². The average molecular weight is 391 g/mol. The summed E-state index contributed by atoms with van der Waals surface area (Å²) in [5, 5.41) is 4.05. The molecule has 0 unspecified atom stereocenters. The Kier molecular flexibility index (Phi) is 4.61. The summed E-state index contributed by atoms with van der Waals surface area (Å²) < 4.78 is 18.9. The highest BCUT2D eigenvalue weighted by Gasteiger charge is 2.18. The van der Waals surface area contributed by atoms with Crippen LogP contribution in [-0.4, -0.2) is 11.2 Å². The van der Waals surface area contributed by atoms with E-state index in [1.54, 1.807) is 42.5 Å². The first-order valence-corrected chi connectivity index (χ1v) is 8.82. The van der Waals surface area contributed by atoms with Crippen molar-refractivity contribution in [1.82, 2.24) is 5.16 Å². The van der Waals surface area contributed by atoms with Gasteiger partial charge in [0.2, 0.25) is 5.58 Å². The molecule has 0 bridgehead atoms. The molecule has 0 atom stereocenters. The Labute approximate surface area is 165 Å². The van der Waals surface area contributed by atoms with Crippen molar-refractivity contribution >= 4 is 34.2 Å². The van der Waals surface area contributed by atoms with Gasteiger partial charge in [-0.15, -0.1) is 0 Å². The Hall–Kier alpha value is -3.91. The molecular formula is C21H18FN5O2. The van der Waals surface area contributed by atoms with Crippen LogP contribution in [0, 0.1) is 5.82 Å².